The molecule has 2 unspecified atom stereocenters. The van der Waals surface area contributed by atoms with Gasteiger partial charge in [0, 0.05) is 64.4 Å². The molecule has 1 fully saturated rings. The van der Waals surface area contributed by atoms with Crippen molar-refractivity contribution in [2.45, 2.75) is 36.4 Å². The lowest BCUT2D eigenvalue weighted by atomic mass is 9.93. The zero-order valence-electron chi connectivity index (χ0n) is 18.8. The monoisotopic (exact) mass is 510 g/mol. The van der Waals surface area contributed by atoms with Gasteiger partial charge in [-0.05, 0) is 60.3 Å². The number of ether oxygens (including phenoxy) is 1. The number of carbonyl (C=O) groups excluding carboxylic acids is 1. The number of nitrogens with one attached hydrogen (secondary N) is 1. The summed E-state index contributed by atoms with van der Waals surface area (Å²) in [7, 11) is 0.516. The first-order valence-electron chi connectivity index (χ1n) is 10.6. The van der Waals surface area contributed by atoms with Crippen molar-refractivity contribution in [2.75, 3.05) is 26.5 Å². The third-order valence-electron chi connectivity index (χ3n) is 5.39. The zero-order chi connectivity index (χ0) is 24.0. The van der Waals surface area contributed by atoms with E-state index in [9.17, 15) is 9.00 Å². The fourth-order valence-electron chi connectivity index (χ4n) is 3.51. The molecule has 9 heteroatoms. The number of halogens is 2. The van der Waals surface area contributed by atoms with E-state index in [1.807, 2.05) is 42.5 Å². The van der Waals surface area contributed by atoms with E-state index in [0.717, 1.165) is 21.8 Å². The Balaban J connectivity index is 1.66. The van der Waals surface area contributed by atoms with Gasteiger partial charge in [0.05, 0.1) is 7.11 Å². The van der Waals surface area contributed by atoms with Crippen LogP contribution in [-0.4, -0.2) is 52.6 Å². The summed E-state index contributed by atoms with van der Waals surface area (Å²) in [5.41, 5.74) is 0.0286. The van der Waals surface area contributed by atoms with Crippen LogP contribution in [0.1, 0.15) is 19.8 Å². The molecular formula is C24H28ClFN2O3S2. The summed E-state index contributed by atoms with van der Waals surface area (Å²) in [6.07, 6.45) is 3.35. The van der Waals surface area contributed by atoms with Crippen molar-refractivity contribution in [1.82, 2.24) is 9.62 Å². The van der Waals surface area contributed by atoms with Crippen LogP contribution < -0.4 is 10.1 Å². The molecule has 2 aromatic rings. The summed E-state index contributed by atoms with van der Waals surface area (Å²) in [5, 5.41) is 4.79. The van der Waals surface area contributed by atoms with Crippen molar-refractivity contribution < 1.29 is 18.1 Å². The molecule has 0 radical (unpaired) electrons. The molecule has 178 valence electrons. The maximum atomic E-state index is 15.4. The predicted molar refractivity (Wildman–Crippen MR) is 135 cm³/mol. The number of hydrogen-bond acceptors (Lipinski definition) is 5. The maximum Gasteiger partial charge on any atom is 0.258 e. The van der Waals surface area contributed by atoms with Crippen LogP contribution in [0.15, 0.2) is 58.8 Å². The summed E-state index contributed by atoms with van der Waals surface area (Å²) >= 11 is 7.80. The Morgan fingerprint density at radius 2 is 2.03 bits per heavy atom. The summed E-state index contributed by atoms with van der Waals surface area (Å²) < 4.78 is 33.9. The number of alkyl halides is 1. The van der Waals surface area contributed by atoms with Gasteiger partial charge in [0.1, 0.15) is 5.75 Å². The third kappa shape index (κ3) is 7.06. The predicted octanol–water partition coefficient (Wildman–Crippen LogP) is 5.22. The van der Waals surface area contributed by atoms with Crippen LogP contribution in [0.2, 0.25) is 5.02 Å². The molecule has 5 nitrogen and oxygen atoms in total. The molecule has 3 rings (SSSR count). The van der Waals surface area contributed by atoms with Crippen molar-refractivity contribution in [3.05, 3.63) is 59.0 Å². The van der Waals surface area contributed by atoms with E-state index in [1.54, 1.807) is 20.1 Å². The number of nitrogens with zero attached hydrogens (tertiary/aromatic N) is 1. The van der Waals surface area contributed by atoms with Crippen LogP contribution in [0.3, 0.4) is 0 Å². The van der Waals surface area contributed by atoms with E-state index in [0.29, 0.717) is 18.1 Å². The Morgan fingerprint density at radius 3 is 2.70 bits per heavy atom. The summed E-state index contributed by atoms with van der Waals surface area (Å²) in [4.78, 5) is 13.5. The Bertz CT molecular complexity index is 1040. The van der Waals surface area contributed by atoms with Gasteiger partial charge in [0.2, 0.25) is 0 Å². The molecule has 2 aromatic carbocycles. The average Bonchev–Trinajstić information content (AvgIpc) is 2.80. The van der Waals surface area contributed by atoms with Gasteiger partial charge in [0.25, 0.3) is 5.91 Å². The Hall–Kier alpha value is -1.87. The molecule has 0 spiro atoms. The molecule has 1 saturated heterocycles. The third-order valence-corrected chi connectivity index (χ3v) is 7.34. The van der Waals surface area contributed by atoms with Gasteiger partial charge in [-0.3, -0.25) is 9.00 Å². The van der Waals surface area contributed by atoms with Crippen LogP contribution in [0, 0.1) is 0 Å². The fourth-order valence-corrected chi connectivity index (χ4v) is 5.19. The minimum absolute atomic E-state index is 0.101. The highest BCUT2D eigenvalue weighted by Gasteiger charge is 2.42. The normalized spacial score (nSPS) is 18.1. The van der Waals surface area contributed by atoms with E-state index in [4.69, 9.17) is 16.3 Å². The van der Waals surface area contributed by atoms with Crippen LogP contribution in [-0.2, 0) is 15.6 Å². The van der Waals surface area contributed by atoms with Gasteiger partial charge in [-0.25, -0.2) is 8.70 Å². The van der Waals surface area contributed by atoms with Crippen molar-refractivity contribution in [3.63, 3.8) is 0 Å². The molecular weight excluding hydrogens is 483 g/mol. The quantitative estimate of drug-likeness (QED) is 0.493. The first kappa shape index (κ1) is 25.7. The molecule has 0 saturated carbocycles. The van der Waals surface area contributed by atoms with E-state index in [2.05, 4.69) is 9.62 Å². The number of rotatable bonds is 8. The number of piperidine rings is 1. The minimum atomic E-state index is -1.92. The molecule has 1 heterocycles. The van der Waals surface area contributed by atoms with Gasteiger partial charge in [0.15, 0.2) is 5.67 Å². The van der Waals surface area contributed by atoms with Gasteiger partial charge >= 0.3 is 0 Å². The van der Waals surface area contributed by atoms with Gasteiger partial charge in [-0.15, -0.1) is 0 Å². The maximum absolute atomic E-state index is 15.4. The van der Waals surface area contributed by atoms with Gasteiger partial charge in [-0.2, -0.15) is 0 Å². The molecule has 33 heavy (non-hydrogen) atoms. The minimum Gasteiger partial charge on any atom is -0.497 e. The Labute approximate surface area is 206 Å². The fraction of sp³-hybridized carbons (Fsp3) is 0.375. The average molecular weight is 511 g/mol. The van der Waals surface area contributed by atoms with Crippen LogP contribution in [0.4, 0.5) is 4.39 Å². The van der Waals surface area contributed by atoms with Crippen molar-refractivity contribution in [1.29, 1.82) is 0 Å². The number of hydrogen-bond donors (Lipinski definition) is 1. The molecule has 2 atom stereocenters. The number of benzene rings is 2. The van der Waals surface area contributed by atoms with E-state index < -0.39 is 22.4 Å². The zero-order valence-corrected chi connectivity index (χ0v) is 21.2. The summed E-state index contributed by atoms with van der Waals surface area (Å²) in [6, 6.07) is 13.1. The number of carbonyl (C=O) groups is 1. The van der Waals surface area contributed by atoms with Gasteiger partial charge < -0.3 is 10.1 Å². The Kier molecular flexibility index (Phi) is 8.98. The SMILES string of the molecule is COc1cccc(-c2cc(Cl)ccc2SN2CCC(F)(C(=O)NC(C)/C=C\S(C)=O)CC2)c1. The first-order chi connectivity index (χ1) is 15.7. The molecule has 1 aliphatic rings. The number of methoxy groups -OCH3 is 1. The van der Waals surface area contributed by atoms with E-state index >= 15 is 4.39 Å². The molecule has 0 bridgehead atoms. The summed E-state index contributed by atoms with van der Waals surface area (Å²) in [6.45, 7) is 2.59. The van der Waals surface area contributed by atoms with Crippen LogP contribution in [0.5, 0.6) is 5.75 Å². The lowest BCUT2D eigenvalue weighted by Gasteiger charge is -2.35. The van der Waals surface area contributed by atoms with E-state index in [1.165, 1.54) is 23.6 Å². The molecule has 0 aromatic heterocycles. The van der Waals surface area contributed by atoms with Crippen molar-refractivity contribution in [2.24, 2.45) is 0 Å². The topological polar surface area (TPSA) is 58.6 Å². The smallest absolute Gasteiger partial charge is 0.258 e. The highest BCUT2D eigenvalue weighted by Crippen LogP contribution is 2.39. The second kappa shape index (κ2) is 11.5. The lowest BCUT2D eigenvalue weighted by molar-refractivity contribution is -0.135. The summed E-state index contributed by atoms with van der Waals surface area (Å²) in [5.74, 6) is 0.138. The van der Waals surface area contributed by atoms with Crippen molar-refractivity contribution >= 4 is 40.3 Å². The second-order valence-electron chi connectivity index (χ2n) is 7.95. The number of amides is 1. The highest BCUT2D eigenvalue weighted by atomic mass is 35.5. The second-order valence-corrected chi connectivity index (χ2v) is 10.8. The first-order valence-corrected chi connectivity index (χ1v) is 13.3. The molecule has 0 aliphatic carbocycles. The molecule has 1 amide bonds. The highest BCUT2D eigenvalue weighted by molar-refractivity contribution is 7.97. The van der Waals surface area contributed by atoms with E-state index in [-0.39, 0.29) is 18.9 Å². The van der Waals surface area contributed by atoms with Crippen LogP contribution >= 0.6 is 23.5 Å². The largest absolute Gasteiger partial charge is 0.497 e. The molecule has 1 aliphatic heterocycles. The lowest BCUT2D eigenvalue weighted by Crippen LogP contribution is -2.51. The van der Waals surface area contributed by atoms with Gasteiger partial charge in [-0.1, -0.05) is 29.8 Å². The van der Waals surface area contributed by atoms with Crippen LogP contribution in [0.25, 0.3) is 11.1 Å². The van der Waals surface area contributed by atoms with Crippen molar-refractivity contribution in [3.8, 4) is 16.9 Å². The molecule has 1 N–H and O–H groups in total. The standard InChI is InChI=1S/C24H28ClFN2O3S2/c1-17(9-14-33(3)30)27-23(29)24(26)10-12-28(13-11-24)32-22-8-7-19(25)16-21(22)18-5-4-6-20(15-18)31-2/h4-9,14-17H,10-13H2,1-3H3,(H,27,29)/b14-9-. The Morgan fingerprint density at radius 1 is 1.30 bits per heavy atom.